The van der Waals surface area contributed by atoms with Crippen molar-refractivity contribution in [3.8, 4) is 0 Å². The van der Waals surface area contributed by atoms with Crippen LogP contribution in [0.1, 0.15) is 12.8 Å². The molecule has 0 unspecified atom stereocenters. The van der Waals surface area contributed by atoms with Gasteiger partial charge in [0.25, 0.3) is 0 Å². The van der Waals surface area contributed by atoms with Gasteiger partial charge in [-0.2, -0.15) is 0 Å². The summed E-state index contributed by atoms with van der Waals surface area (Å²) in [4.78, 5) is 4.95. The molecule has 0 aromatic rings. The first kappa shape index (κ1) is 10.4. The Balaban J connectivity index is 1.64. The average molecular weight is 198 g/mol. The summed E-state index contributed by atoms with van der Waals surface area (Å²) in [6, 6.07) is 0. The molecule has 0 amide bonds. The van der Waals surface area contributed by atoms with Gasteiger partial charge in [0.2, 0.25) is 0 Å². The molecule has 2 saturated heterocycles. The monoisotopic (exact) mass is 198 g/mol. The van der Waals surface area contributed by atoms with Crippen molar-refractivity contribution in [2.45, 2.75) is 12.8 Å². The third-order valence-electron chi connectivity index (χ3n) is 3.62. The molecular formula is C11H22N2O. The number of rotatable bonds is 3. The normalized spacial score (nSPS) is 27.9. The van der Waals surface area contributed by atoms with E-state index >= 15 is 0 Å². The zero-order valence-corrected chi connectivity index (χ0v) is 9.15. The summed E-state index contributed by atoms with van der Waals surface area (Å²) in [6.45, 7) is 6.62. The summed E-state index contributed by atoms with van der Waals surface area (Å²) in [5, 5.41) is 9.03. The molecule has 3 nitrogen and oxygen atoms in total. The third-order valence-corrected chi connectivity index (χ3v) is 3.62. The van der Waals surface area contributed by atoms with Gasteiger partial charge in [-0.1, -0.05) is 0 Å². The number of piperidine rings is 1. The van der Waals surface area contributed by atoms with Gasteiger partial charge in [-0.15, -0.1) is 0 Å². The maximum atomic E-state index is 9.03. The fourth-order valence-electron chi connectivity index (χ4n) is 2.66. The Bertz CT molecular complexity index is 172. The molecule has 0 saturated carbocycles. The molecule has 0 radical (unpaired) electrons. The highest BCUT2D eigenvalue weighted by Gasteiger charge is 2.27. The minimum Gasteiger partial charge on any atom is -0.396 e. The molecule has 0 aromatic heterocycles. The Hall–Kier alpha value is -0.120. The van der Waals surface area contributed by atoms with Crippen LogP contribution >= 0.6 is 0 Å². The Morgan fingerprint density at radius 1 is 1.14 bits per heavy atom. The molecular weight excluding hydrogens is 176 g/mol. The van der Waals surface area contributed by atoms with Crippen LogP contribution in [0.2, 0.25) is 0 Å². The lowest BCUT2D eigenvalue weighted by atomic mass is 9.95. The second kappa shape index (κ2) is 4.60. The molecule has 2 rings (SSSR count). The number of aliphatic hydroxyl groups is 1. The van der Waals surface area contributed by atoms with Crippen molar-refractivity contribution in [1.29, 1.82) is 0 Å². The van der Waals surface area contributed by atoms with Crippen molar-refractivity contribution < 1.29 is 5.11 Å². The third kappa shape index (κ3) is 2.47. The van der Waals surface area contributed by atoms with Crippen molar-refractivity contribution in [3.05, 3.63) is 0 Å². The summed E-state index contributed by atoms with van der Waals surface area (Å²) < 4.78 is 0. The van der Waals surface area contributed by atoms with E-state index in [4.69, 9.17) is 5.11 Å². The Morgan fingerprint density at radius 3 is 2.29 bits per heavy atom. The predicted molar refractivity (Wildman–Crippen MR) is 57.2 cm³/mol. The highest BCUT2D eigenvalue weighted by molar-refractivity contribution is 4.81. The van der Waals surface area contributed by atoms with Crippen LogP contribution in [0.25, 0.3) is 0 Å². The van der Waals surface area contributed by atoms with E-state index < -0.39 is 0 Å². The molecule has 1 N–H and O–H groups in total. The van der Waals surface area contributed by atoms with Gasteiger partial charge >= 0.3 is 0 Å². The summed E-state index contributed by atoms with van der Waals surface area (Å²) in [6.07, 6.45) is 2.39. The topological polar surface area (TPSA) is 26.7 Å². The Kier molecular flexibility index (Phi) is 3.42. The zero-order valence-electron chi connectivity index (χ0n) is 9.15. The SMILES string of the molecule is CN1CC(CN2CCC(CO)CC2)C1. The van der Waals surface area contributed by atoms with Gasteiger partial charge in [-0.05, 0) is 44.8 Å². The van der Waals surface area contributed by atoms with Gasteiger partial charge in [0, 0.05) is 26.2 Å². The zero-order chi connectivity index (χ0) is 9.97. The van der Waals surface area contributed by atoms with Gasteiger partial charge < -0.3 is 14.9 Å². The first-order valence-corrected chi connectivity index (χ1v) is 5.79. The maximum absolute atomic E-state index is 9.03. The number of hydrogen-bond acceptors (Lipinski definition) is 3. The number of nitrogens with zero attached hydrogens (tertiary/aromatic N) is 2. The first-order chi connectivity index (χ1) is 6.78. The Labute approximate surface area is 86.7 Å². The first-order valence-electron chi connectivity index (χ1n) is 5.79. The lowest BCUT2D eigenvalue weighted by Gasteiger charge is -2.41. The van der Waals surface area contributed by atoms with E-state index in [1.54, 1.807) is 0 Å². The molecule has 14 heavy (non-hydrogen) atoms. The largest absolute Gasteiger partial charge is 0.396 e. The molecule has 0 bridgehead atoms. The standard InChI is InChI=1S/C11H22N2O/c1-12-6-11(7-12)8-13-4-2-10(9-14)3-5-13/h10-11,14H,2-9H2,1H3. The molecule has 0 atom stereocenters. The summed E-state index contributed by atoms with van der Waals surface area (Å²) in [7, 11) is 2.19. The van der Waals surface area contributed by atoms with E-state index in [2.05, 4.69) is 16.8 Å². The van der Waals surface area contributed by atoms with Crippen LogP contribution in [0.5, 0.6) is 0 Å². The van der Waals surface area contributed by atoms with Crippen LogP contribution in [0.15, 0.2) is 0 Å². The van der Waals surface area contributed by atoms with Crippen LogP contribution in [0.4, 0.5) is 0 Å². The summed E-state index contributed by atoms with van der Waals surface area (Å²) >= 11 is 0. The predicted octanol–water partition coefficient (Wildman–Crippen LogP) is 0.252. The van der Waals surface area contributed by atoms with E-state index in [1.807, 2.05) is 0 Å². The van der Waals surface area contributed by atoms with Crippen LogP contribution in [-0.4, -0.2) is 61.3 Å². The molecule has 0 spiro atoms. The van der Waals surface area contributed by atoms with E-state index in [0.717, 1.165) is 5.92 Å². The van der Waals surface area contributed by atoms with Crippen molar-refractivity contribution in [2.75, 3.05) is 46.4 Å². The van der Waals surface area contributed by atoms with Gasteiger partial charge in [-0.25, -0.2) is 0 Å². The van der Waals surface area contributed by atoms with Crippen molar-refractivity contribution in [2.24, 2.45) is 11.8 Å². The van der Waals surface area contributed by atoms with Crippen LogP contribution in [-0.2, 0) is 0 Å². The Morgan fingerprint density at radius 2 is 1.79 bits per heavy atom. The van der Waals surface area contributed by atoms with Gasteiger partial charge in [-0.3, -0.25) is 0 Å². The molecule has 82 valence electrons. The van der Waals surface area contributed by atoms with Gasteiger partial charge in [0.15, 0.2) is 0 Å². The van der Waals surface area contributed by atoms with Crippen LogP contribution in [0, 0.1) is 11.8 Å². The molecule has 2 aliphatic rings. The fraction of sp³-hybridized carbons (Fsp3) is 1.00. The summed E-state index contributed by atoms with van der Waals surface area (Å²) in [5.74, 6) is 1.49. The average Bonchev–Trinajstić information content (AvgIpc) is 2.17. The lowest BCUT2D eigenvalue weighted by Crippen LogP contribution is -2.50. The van der Waals surface area contributed by atoms with Crippen molar-refractivity contribution >= 4 is 0 Å². The minimum atomic E-state index is 0.389. The molecule has 0 aromatic carbocycles. The van der Waals surface area contributed by atoms with Crippen molar-refractivity contribution in [1.82, 2.24) is 9.80 Å². The smallest absolute Gasteiger partial charge is 0.0460 e. The summed E-state index contributed by atoms with van der Waals surface area (Å²) in [5.41, 5.74) is 0. The van der Waals surface area contributed by atoms with E-state index in [-0.39, 0.29) is 0 Å². The molecule has 2 aliphatic heterocycles. The quantitative estimate of drug-likeness (QED) is 0.704. The van der Waals surface area contributed by atoms with E-state index in [1.165, 1.54) is 45.6 Å². The van der Waals surface area contributed by atoms with Crippen LogP contribution < -0.4 is 0 Å². The van der Waals surface area contributed by atoms with Crippen LogP contribution in [0.3, 0.4) is 0 Å². The highest BCUT2D eigenvalue weighted by Crippen LogP contribution is 2.20. The highest BCUT2D eigenvalue weighted by atomic mass is 16.3. The molecule has 2 fully saturated rings. The number of aliphatic hydroxyl groups excluding tert-OH is 1. The van der Waals surface area contributed by atoms with Gasteiger partial charge in [0.1, 0.15) is 0 Å². The number of likely N-dealkylation sites (tertiary alicyclic amines) is 2. The second-order valence-corrected chi connectivity index (χ2v) is 5.01. The number of hydrogen-bond donors (Lipinski definition) is 1. The van der Waals surface area contributed by atoms with Gasteiger partial charge in [0.05, 0.1) is 0 Å². The minimum absolute atomic E-state index is 0.389. The fourth-order valence-corrected chi connectivity index (χ4v) is 2.66. The van der Waals surface area contributed by atoms with E-state index in [9.17, 15) is 0 Å². The molecule has 0 aliphatic carbocycles. The molecule has 3 heteroatoms. The maximum Gasteiger partial charge on any atom is 0.0460 e. The van der Waals surface area contributed by atoms with Crippen molar-refractivity contribution in [3.63, 3.8) is 0 Å². The molecule has 2 heterocycles. The van der Waals surface area contributed by atoms with E-state index in [0.29, 0.717) is 12.5 Å². The second-order valence-electron chi connectivity index (χ2n) is 5.01. The lowest BCUT2D eigenvalue weighted by molar-refractivity contribution is 0.0652.